The lowest BCUT2D eigenvalue weighted by Gasteiger charge is -2.34. The van der Waals surface area contributed by atoms with Crippen LogP contribution in [-0.4, -0.2) is 6.54 Å². The molecule has 0 heterocycles. The highest BCUT2D eigenvalue weighted by molar-refractivity contribution is 5.37. The molecule has 1 unspecified atom stereocenters. The van der Waals surface area contributed by atoms with E-state index in [1.54, 1.807) is 5.56 Å². The van der Waals surface area contributed by atoms with Crippen LogP contribution < -0.4 is 5.73 Å². The van der Waals surface area contributed by atoms with Crippen molar-refractivity contribution in [3.63, 3.8) is 0 Å². The Hall–Kier alpha value is -0.820. The quantitative estimate of drug-likeness (QED) is 0.721. The highest BCUT2D eigenvalue weighted by Gasteiger charge is 2.28. The van der Waals surface area contributed by atoms with Crippen molar-refractivity contribution in [1.29, 1.82) is 0 Å². The van der Waals surface area contributed by atoms with Gasteiger partial charge in [0.05, 0.1) is 0 Å². The zero-order valence-corrected chi connectivity index (χ0v) is 9.14. The van der Waals surface area contributed by atoms with Gasteiger partial charge in [-0.3, -0.25) is 0 Å². The molecular formula is C13H19N. The number of hydrogen-bond acceptors (Lipinski definition) is 1. The molecule has 1 heteroatoms. The second kappa shape index (κ2) is 3.39. The molecule has 2 N–H and O–H groups in total. The average Bonchev–Trinajstić information content (AvgIpc) is 2.20. The summed E-state index contributed by atoms with van der Waals surface area (Å²) >= 11 is 0. The van der Waals surface area contributed by atoms with Crippen LogP contribution in [0.15, 0.2) is 18.2 Å². The van der Waals surface area contributed by atoms with Gasteiger partial charge < -0.3 is 5.73 Å². The van der Waals surface area contributed by atoms with Crippen molar-refractivity contribution in [1.82, 2.24) is 0 Å². The Balaban J connectivity index is 2.38. The van der Waals surface area contributed by atoms with Crippen LogP contribution in [0.25, 0.3) is 0 Å². The van der Waals surface area contributed by atoms with Gasteiger partial charge in [-0.15, -0.1) is 0 Å². The highest BCUT2D eigenvalue weighted by atomic mass is 14.6. The predicted molar refractivity (Wildman–Crippen MR) is 60.4 cm³/mol. The number of hydrogen-bond donors (Lipinski definition) is 1. The molecule has 0 aliphatic heterocycles. The molecule has 1 aromatic rings. The minimum Gasteiger partial charge on any atom is -0.330 e. The van der Waals surface area contributed by atoms with E-state index >= 15 is 0 Å². The van der Waals surface area contributed by atoms with Crippen molar-refractivity contribution < 1.29 is 0 Å². The molecule has 0 spiro atoms. The molecule has 76 valence electrons. The van der Waals surface area contributed by atoms with E-state index < -0.39 is 0 Å². The van der Waals surface area contributed by atoms with Crippen molar-refractivity contribution >= 4 is 0 Å². The second-order valence-electron chi connectivity index (χ2n) is 4.90. The lowest BCUT2D eigenvalue weighted by atomic mass is 9.72. The van der Waals surface area contributed by atoms with Gasteiger partial charge in [-0.25, -0.2) is 0 Å². The molecule has 0 bridgehead atoms. The summed E-state index contributed by atoms with van der Waals surface area (Å²) in [7, 11) is 0. The first kappa shape index (κ1) is 9.72. The van der Waals surface area contributed by atoms with Crippen LogP contribution in [-0.2, 0) is 12.8 Å². The van der Waals surface area contributed by atoms with E-state index in [0.717, 1.165) is 13.0 Å². The van der Waals surface area contributed by atoms with Crippen LogP contribution in [0.4, 0.5) is 0 Å². The van der Waals surface area contributed by atoms with Gasteiger partial charge in [-0.05, 0) is 54.8 Å². The van der Waals surface area contributed by atoms with Crippen LogP contribution in [0.3, 0.4) is 0 Å². The molecule has 0 saturated heterocycles. The third-order valence-corrected chi connectivity index (χ3v) is 3.60. The Morgan fingerprint density at radius 2 is 2.21 bits per heavy atom. The molecule has 0 amide bonds. The van der Waals surface area contributed by atoms with Crippen molar-refractivity contribution in [2.75, 3.05) is 6.54 Å². The molecule has 0 radical (unpaired) electrons. The summed E-state index contributed by atoms with van der Waals surface area (Å²) in [5, 5.41) is 0. The minimum atomic E-state index is 0.332. The lowest BCUT2D eigenvalue weighted by Crippen LogP contribution is -2.33. The number of benzene rings is 1. The summed E-state index contributed by atoms with van der Waals surface area (Å²) in [6.07, 6.45) is 3.59. The molecule has 0 fully saturated rings. The molecule has 2 rings (SSSR count). The topological polar surface area (TPSA) is 26.0 Å². The number of nitrogens with two attached hydrogens (primary N) is 1. The van der Waals surface area contributed by atoms with Gasteiger partial charge in [0.15, 0.2) is 0 Å². The average molecular weight is 189 g/mol. The zero-order chi connectivity index (χ0) is 10.2. The van der Waals surface area contributed by atoms with Gasteiger partial charge in [-0.2, -0.15) is 0 Å². The fourth-order valence-corrected chi connectivity index (χ4v) is 2.38. The Morgan fingerprint density at radius 3 is 2.93 bits per heavy atom. The molecule has 1 aliphatic rings. The Morgan fingerprint density at radius 1 is 1.43 bits per heavy atom. The van der Waals surface area contributed by atoms with Crippen molar-refractivity contribution in [3.05, 3.63) is 34.9 Å². The van der Waals surface area contributed by atoms with Crippen molar-refractivity contribution in [2.45, 2.75) is 33.1 Å². The van der Waals surface area contributed by atoms with E-state index in [2.05, 4.69) is 32.0 Å². The third-order valence-electron chi connectivity index (χ3n) is 3.60. The van der Waals surface area contributed by atoms with Gasteiger partial charge >= 0.3 is 0 Å². The molecule has 1 atom stereocenters. The normalized spacial score (nSPS) is 25.9. The standard InChI is InChI=1S/C13H19N/c1-10-4-3-5-11-6-7-13(2,9-14)8-12(10)11/h3-5H,6-9,14H2,1-2H3. The van der Waals surface area contributed by atoms with Crippen molar-refractivity contribution in [3.8, 4) is 0 Å². The van der Waals surface area contributed by atoms with Gasteiger partial charge in [0.25, 0.3) is 0 Å². The first-order valence-electron chi connectivity index (χ1n) is 5.42. The fraction of sp³-hybridized carbons (Fsp3) is 0.538. The maximum atomic E-state index is 5.84. The molecule has 1 aromatic carbocycles. The van der Waals surface area contributed by atoms with E-state index in [4.69, 9.17) is 5.73 Å². The van der Waals surface area contributed by atoms with E-state index in [0.29, 0.717) is 5.41 Å². The Kier molecular flexibility index (Phi) is 2.36. The summed E-state index contributed by atoms with van der Waals surface area (Å²) in [4.78, 5) is 0. The Bertz CT molecular complexity index is 343. The fourth-order valence-electron chi connectivity index (χ4n) is 2.38. The van der Waals surface area contributed by atoms with Crippen molar-refractivity contribution in [2.24, 2.45) is 11.1 Å². The monoisotopic (exact) mass is 189 g/mol. The maximum absolute atomic E-state index is 5.84. The zero-order valence-electron chi connectivity index (χ0n) is 9.14. The second-order valence-corrected chi connectivity index (χ2v) is 4.90. The van der Waals surface area contributed by atoms with Crippen LogP contribution in [0, 0.1) is 12.3 Å². The Labute approximate surface area is 86.3 Å². The van der Waals surface area contributed by atoms with E-state index in [1.807, 2.05) is 0 Å². The molecular weight excluding hydrogens is 170 g/mol. The molecule has 14 heavy (non-hydrogen) atoms. The minimum absolute atomic E-state index is 0.332. The van der Waals surface area contributed by atoms with E-state index in [9.17, 15) is 0 Å². The van der Waals surface area contributed by atoms with Crippen LogP contribution in [0.1, 0.15) is 30.0 Å². The lowest BCUT2D eigenvalue weighted by molar-refractivity contribution is 0.289. The van der Waals surface area contributed by atoms with E-state index in [1.165, 1.54) is 24.0 Å². The summed E-state index contributed by atoms with van der Waals surface area (Å²) in [6, 6.07) is 6.64. The summed E-state index contributed by atoms with van der Waals surface area (Å²) in [5.41, 5.74) is 10.7. The smallest absolute Gasteiger partial charge is 0.00199 e. The predicted octanol–water partition coefficient (Wildman–Crippen LogP) is 2.45. The highest BCUT2D eigenvalue weighted by Crippen LogP contribution is 2.35. The molecule has 1 aliphatic carbocycles. The van der Waals surface area contributed by atoms with Gasteiger partial charge in [0.2, 0.25) is 0 Å². The van der Waals surface area contributed by atoms with E-state index in [-0.39, 0.29) is 0 Å². The first-order valence-corrected chi connectivity index (χ1v) is 5.42. The SMILES string of the molecule is Cc1cccc2c1CC(C)(CN)CC2. The number of aryl methyl sites for hydroxylation is 2. The van der Waals surface area contributed by atoms with Crippen LogP contribution in [0.2, 0.25) is 0 Å². The summed E-state index contributed by atoms with van der Waals surface area (Å²) in [6.45, 7) is 5.32. The molecule has 1 nitrogen and oxygen atoms in total. The first-order chi connectivity index (χ1) is 6.64. The molecule has 0 aromatic heterocycles. The van der Waals surface area contributed by atoms with Gasteiger partial charge in [0.1, 0.15) is 0 Å². The summed E-state index contributed by atoms with van der Waals surface area (Å²) in [5.74, 6) is 0. The number of rotatable bonds is 1. The van der Waals surface area contributed by atoms with Gasteiger partial charge in [0, 0.05) is 0 Å². The number of fused-ring (bicyclic) bond motifs is 1. The van der Waals surface area contributed by atoms with Crippen LogP contribution in [0.5, 0.6) is 0 Å². The van der Waals surface area contributed by atoms with Crippen LogP contribution >= 0.6 is 0 Å². The third kappa shape index (κ3) is 1.57. The largest absolute Gasteiger partial charge is 0.330 e. The van der Waals surface area contributed by atoms with Gasteiger partial charge in [-0.1, -0.05) is 25.1 Å². The summed E-state index contributed by atoms with van der Waals surface area (Å²) < 4.78 is 0. The maximum Gasteiger partial charge on any atom is -0.00199 e. The molecule has 0 saturated carbocycles.